The zero-order valence-corrected chi connectivity index (χ0v) is 19.6. The summed E-state index contributed by atoms with van der Waals surface area (Å²) in [5, 5.41) is 4.55. The third-order valence-electron chi connectivity index (χ3n) is 6.56. The molecule has 1 aliphatic rings. The summed E-state index contributed by atoms with van der Waals surface area (Å²) >= 11 is 0. The molecular formula is C28H24F3N3O2. The maximum Gasteiger partial charge on any atom is 0.573 e. The van der Waals surface area contributed by atoms with Gasteiger partial charge in [-0.25, -0.2) is 0 Å². The molecule has 8 heteroatoms. The lowest BCUT2D eigenvalue weighted by atomic mass is 9.83. The molecule has 0 spiro atoms. The molecule has 0 bridgehead atoms. The number of aldehydes is 1. The zero-order valence-electron chi connectivity index (χ0n) is 19.6. The van der Waals surface area contributed by atoms with Crippen LogP contribution in [-0.2, 0) is 30.0 Å². The van der Waals surface area contributed by atoms with Crippen molar-refractivity contribution in [2.45, 2.75) is 38.5 Å². The maximum absolute atomic E-state index is 13.0. The molecule has 0 fully saturated rings. The normalized spacial score (nSPS) is 17.7. The van der Waals surface area contributed by atoms with Gasteiger partial charge < -0.3 is 9.53 Å². The van der Waals surface area contributed by atoms with Crippen molar-refractivity contribution in [3.63, 3.8) is 0 Å². The maximum atomic E-state index is 13.0. The van der Waals surface area contributed by atoms with Crippen LogP contribution in [0.3, 0.4) is 0 Å². The molecule has 36 heavy (non-hydrogen) atoms. The number of rotatable bonds is 7. The Kier molecular flexibility index (Phi) is 6.14. The number of benzene rings is 3. The largest absolute Gasteiger partial charge is 0.573 e. The van der Waals surface area contributed by atoms with Crippen LogP contribution in [0.2, 0.25) is 0 Å². The minimum Gasteiger partial charge on any atom is -0.406 e. The highest BCUT2D eigenvalue weighted by Crippen LogP contribution is 2.45. The molecule has 0 amide bonds. The molecule has 1 atom stereocenters. The first-order valence-electron chi connectivity index (χ1n) is 11.5. The van der Waals surface area contributed by atoms with Crippen molar-refractivity contribution in [3.8, 4) is 5.75 Å². The van der Waals surface area contributed by atoms with Crippen LogP contribution in [0.1, 0.15) is 33.4 Å². The van der Waals surface area contributed by atoms with Gasteiger partial charge in [-0.15, -0.1) is 13.2 Å². The summed E-state index contributed by atoms with van der Waals surface area (Å²) < 4.78 is 43.5. The molecule has 5 rings (SSSR count). The molecule has 2 heterocycles. The molecule has 0 N–H and O–H groups in total. The highest BCUT2D eigenvalue weighted by atomic mass is 19.4. The van der Waals surface area contributed by atoms with Crippen molar-refractivity contribution >= 4 is 6.29 Å². The number of carbonyl (C=O) groups excluding carboxylic acids is 1. The van der Waals surface area contributed by atoms with Crippen molar-refractivity contribution < 1.29 is 22.7 Å². The second-order valence-electron chi connectivity index (χ2n) is 8.95. The minimum atomic E-state index is -4.75. The fraction of sp³-hybridized carbons (Fsp3) is 0.214. The predicted molar refractivity (Wildman–Crippen MR) is 128 cm³/mol. The van der Waals surface area contributed by atoms with Crippen LogP contribution in [0.5, 0.6) is 5.75 Å². The van der Waals surface area contributed by atoms with Crippen molar-refractivity contribution in [3.05, 3.63) is 119 Å². The molecule has 184 valence electrons. The smallest absolute Gasteiger partial charge is 0.406 e. The Bertz CT molecular complexity index is 1370. The van der Waals surface area contributed by atoms with Crippen LogP contribution >= 0.6 is 0 Å². The van der Waals surface area contributed by atoms with E-state index in [2.05, 4.69) is 9.84 Å². The first-order chi connectivity index (χ1) is 17.3. The summed E-state index contributed by atoms with van der Waals surface area (Å²) in [7, 11) is 0. The second-order valence-corrected chi connectivity index (χ2v) is 8.95. The number of hydrogen-bond acceptors (Lipinski definition) is 4. The molecule has 0 radical (unpaired) electrons. The van der Waals surface area contributed by atoms with E-state index in [0.29, 0.717) is 19.6 Å². The Hall–Kier alpha value is -3.91. The topological polar surface area (TPSA) is 47.4 Å². The van der Waals surface area contributed by atoms with Crippen LogP contribution in [0, 0.1) is 6.92 Å². The van der Waals surface area contributed by atoms with Gasteiger partial charge in [-0.2, -0.15) is 5.10 Å². The van der Waals surface area contributed by atoms with Crippen molar-refractivity contribution in [2.75, 3.05) is 0 Å². The summed E-state index contributed by atoms with van der Waals surface area (Å²) in [6, 6.07) is 21.6. The molecule has 4 aromatic rings. The molecular weight excluding hydrogens is 467 g/mol. The predicted octanol–water partition coefficient (Wildman–Crippen LogP) is 5.60. The van der Waals surface area contributed by atoms with Crippen LogP contribution in [0.15, 0.2) is 85.2 Å². The summed E-state index contributed by atoms with van der Waals surface area (Å²) in [6.45, 7) is 3.42. The molecule has 1 aromatic heterocycles. The second kappa shape index (κ2) is 9.28. The minimum absolute atomic E-state index is 0.282. The van der Waals surface area contributed by atoms with E-state index in [1.807, 2.05) is 71.2 Å². The van der Waals surface area contributed by atoms with Crippen LogP contribution in [0.4, 0.5) is 13.2 Å². The van der Waals surface area contributed by atoms with Gasteiger partial charge >= 0.3 is 6.36 Å². The third kappa shape index (κ3) is 4.52. The quantitative estimate of drug-likeness (QED) is 0.316. The highest BCUT2D eigenvalue weighted by molar-refractivity contribution is 5.77. The van der Waals surface area contributed by atoms with E-state index in [-0.39, 0.29) is 5.75 Å². The summed E-state index contributed by atoms with van der Waals surface area (Å²) in [5.74, 6) is -0.282. The number of halogens is 3. The highest BCUT2D eigenvalue weighted by Gasteiger charge is 2.48. The van der Waals surface area contributed by atoms with Gasteiger partial charge in [-0.3, -0.25) is 9.58 Å². The third-order valence-corrected chi connectivity index (χ3v) is 6.56. The molecule has 1 unspecified atom stereocenters. The monoisotopic (exact) mass is 491 g/mol. The fourth-order valence-electron chi connectivity index (χ4n) is 5.04. The number of aromatic nitrogens is 2. The number of nitrogens with zero attached hydrogens (tertiary/aromatic N) is 3. The van der Waals surface area contributed by atoms with Gasteiger partial charge in [0.25, 0.3) is 0 Å². The first-order valence-corrected chi connectivity index (χ1v) is 11.5. The van der Waals surface area contributed by atoms with E-state index < -0.39 is 11.9 Å². The standard InChI is InChI=1S/C28H24F3N3O2/c1-20-6-5-9-23-17-33(15-22-10-12-25(13-11-22)36-28(29,30)31)27(19-35,26(20)23)24-14-32-34(18-24)16-21-7-3-2-4-8-21/h2-14,18-19H,15-17H2,1H3. The summed E-state index contributed by atoms with van der Waals surface area (Å²) in [4.78, 5) is 15.0. The SMILES string of the molecule is Cc1cccc2c1C(C=O)(c1cnn(Cc3ccccc3)c1)N(Cc1ccc(OC(F)(F)F)cc1)C2. The van der Waals surface area contributed by atoms with Gasteiger partial charge in [0.1, 0.15) is 17.6 Å². The Balaban J connectivity index is 1.50. The lowest BCUT2D eigenvalue weighted by Gasteiger charge is -2.34. The van der Waals surface area contributed by atoms with E-state index >= 15 is 0 Å². The molecule has 0 aliphatic carbocycles. The van der Waals surface area contributed by atoms with Gasteiger partial charge in [0.2, 0.25) is 0 Å². The van der Waals surface area contributed by atoms with Crippen molar-refractivity contribution in [2.24, 2.45) is 0 Å². The molecule has 5 nitrogen and oxygen atoms in total. The Labute approximate surface area is 206 Å². The summed E-state index contributed by atoms with van der Waals surface area (Å²) in [6.07, 6.45) is -0.165. The van der Waals surface area contributed by atoms with Gasteiger partial charge in [-0.1, -0.05) is 60.7 Å². The summed E-state index contributed by atoms with van der Waals surface area (Å²) in [5.41, 5.74) is 4.49. The number of alkyl halides is 3. The van der Waals surface area contributed by atoms with E-state index in [4.69, 9.17) is 0 Å². The Morgan fingerprint density at radius 2 is 1.69 bits per heavy atom. The Morgan fingerprint density at radius 3 is 2.39 bits per heavy atom. The van der Waals surface area contributed by atoms with Gasteiger partial charge in [-0.05, 0) is 46.9 Å². The number of fused-ring (bicyclic) bond motifs is 1. The lowest BCUT2D eigenvalue weighted by Crippen LogP contribution is -2.43. The first kappa shape index (κ1) is 23.8. The van der Waals surface area contributed by atoms with Crippen LogP contribution in [-0.4, -0.2) is 27.3 Å². The molecule has 0 saturated carbocycles. The fourth-order valence-corrected chi connectivity index (χ4v) is 5.04. The van der Waals surface area contributed by atoms with Crippen molar-refractivity contribution in [1.29, 1.82) is 0 Å². The van der Waals surface area contributed by atoms with E-state index in [0.717, 1.165) is 39.7 Å². The average molecular weight is 492 g/mol. The number of carbonyl (C=O) groups is 1. The van der Waals surface area contributed by atoms with Gasteiger partial charge in [0.15, 0.2) is 0 Å². The van der Waals surface area contributed by atoms with Crippen molar-refractivity contribution in [1.82, 2.24) is 14.7 Å². The van der Waals surface area contributed by atoms with Gasteiger partial charge in [0, 0.05) is 24.8 Å². The Morgan fingerprint density at radius 1 is 0.972 bits per heavy atom. The van der Waals surface area contributed by atoms with E-state index in [1.165, 1.54) is 12.1 Å². The lowest BCUT2D eigenvalue weighted by molar-refractivity contribution is -0.274. The van der Waals surface area contributed by atoms with E-state index in [1.54, 1.807) is 18.3 Å². The molecule has 1 aliphatic heterocycles. The van der Waals surface area contributed by atoms with Gasteiger partial charge in [0.05, 0.1) is 12.7 Å². The number of aryl methyl sites for hydroxylation is 1. The number of ether oxygens (including phenoxy) is 1. The molecule has 3 aromatic carbocycles. The zero-order chi connectivity index (χ0) is 25.3. The number of hydrogen-bond donors (Lipinski definition) is 0. The van der Waals surface area contributed by atoms with E-state index in [9.17, 15) is 18.0 Å². The average Bonchev–Trinajstić information content (AvgIpc) is 3.43. The van der Waals surface area contributed by atoms with Crippen LogP contribution in [0.25, 0.3) is 0 Å². The molecule has 0 saturated heterocycles. The van der Waals surface area contributed by atoms with Crippen LogP contribution < -0.4 is 4.74 Å².